The van der Waals surface area contributed by atoms with Crippen LogP contribution in [0.1, 0.15) is 5.56 Å². The van der Waals surface area contributed by atoms with Gasteiger partial charge in [-0.15, -0.1) is 10.2 Å². The van der Waals surface area contributed by atoms with Gasteiger partial charge in [0.1, 0.15) is 6.07 Å². The molecule has 0 saturated heterocycles. The van der Waals surface area contributed by atoms with Gasteiger partial charge in [0, 0.05) is 18.0 Å². The predicted octanol–water partition coefficient (Wildman–Crippen LogP) is 3.09. The summed E-state index contributed by atoms with van der Waals surface area (Å²) in [5.41, 5.74) is 1.58. The van der Waals surface area contributed by atoms with Crippen molar-refractivity contribution in [1.29, 1.82) is 5.26 Å². The zero-order chi connectivity index (χ0) is 12.6. The highest BCUT2D eigenvalue weighted by Gasteiger charge is 1.99. The SMILES string of the molecule is N#C/C(=N\N=Nc1ccncc1)c1ccccc1. The predicted molar refractivity (Wildman–Crippen MR) is 67.3 cm³/mol. The third kappa shape index (κ3) is 3.06. The molecular weight excluding hydrogens is 226 g/mol. The molecule has 0 amide bonds. The molecule has 86 valence electrons. The Morgan fingerprint density at radius 1 is 1.06 bits per heavy atom. The Bertz CT molecular complexity index is 596. The van der Waals surface area contributed by atoms with Gasteiger partial charge in [-0.05, 0) is 17.4 Å². The van der Waals surface area contributed by atoms with Crippen molar-refractivity contribution in [1.82, 2.24) is 4.98 Å². The Morgan fingerprint density at radius 3 is 2.44 bits per heavy atom. The van der Waals surface area contributed by atoms with E-state index in [1.807, 2.05) is 24.3 Å². The summed E-state index contributed by atoms with van der Waals surface area (Å²) in [6, 6.07) is 14.5. The van der Waals surface area contributed by atoms with E-state index in [0.717, 1.165) is 0 Å². The quantitative estimate of drug-likeness (QED) is 0.465. The lowest BCUT2D eigenvalue weighted by atomic mass is 10.1. The van der Waals surface area contributed by atoms with Crippen molar-refractivity contribution >= 4 is 11.4 Å². The minimum Gasteiger partial charge on any atom is -0.265 e. The van der Waals surface area contributed by atoms with Crippen LogP contribution in [0.3, 0.4) is 0 Å². The smallest absolute Gasteiger partial charge is 0.172 e. The molecule has 1 aromatic carbocycles. The summed E-state index contributed by atoms with van der Waals surface area (Å²) in [5.74, 6) is 0. The molecule has 5 heteroatoms. The molecular formula is C13H9N5. The van der Waals surface area contributed by atoms with E-state index >= 15 is 0 Å². The van der Waals surface area contributed by atoms with Gasteiger partial charge in [-0.1, -0.05) is 30.3 Å². The second-order valence-electron chi connectivity index (χ2n) is 3.32. The first-order valence-corrected chi connectivity index (χ1v) is 5.24. The topological polar surface area (TPSA) is 73.8 Å². The Kier molecular flexibility index (Phi) is 3.88. The van der Waals surface area contributed by atoms with Crippen molar-refractivity contribution in [3.05, 3.63) is 60.4 Å². The van der Waals surface area contributed by atoms with Gasteiger partial charge in [-0.3, -0.25) is 4.98 Å². The van der Waals surface area contributed by atoms with E-state index in [2.05, 4.69) is 20.4 Å². The van der Waals surface area contributed by atoms with Crippen molar-refractivity contribution < 1.29 is 0 Å². The fourth-order valence-corrected chi connectivity index (χ4v) is 1.27. The van der Waals surface area contributed by atoms with Gasteiger partial charge in [-0.25, -0.2) is 0 Å². The lowest BCUT2D eigenvalue weighted by Crippen LogP contribution is -1.94. The zero-order valence-electron chi connectivity index (χ0n) is 9.43. The maximum atomic E-state index is 8.98. The van der Waals surface area contributed by atoms with Gasteiger partial charge in [-0.2, -0.15) is 5.26 Å². The second kappa shape index (κ2) is 6.01. The lowest BCUT2D eigenvalue weighted by Gasteiger charge is -1.93. The molecule has 0 aliphatic carbocycles. The molecule has 18 heavy (non-hydrogen) atoms. The third-order valence-corrected chi connectivity index (χ3v) is 2.12. The molecule has 0 bridgehead atoms. The molecule has 2 rings (SSSR count). The highest BCUT2D eigenvalue weighted by atomic mass is 15.4. The Hall–Kier alpha value is -2.87. The second-order valence-corrected chi connectivity index (χ2v) is 3.32. The number of hydrogen-bond acceptors (Lipinski definition) is 4. The van der Waals surface area contributed by atoms with Crippen molar-refractivity contribution in [3.8, 4) is 6.07 Å². The van der Waals surface area contributed by atoms with Gasteiger partial charge in [0.15, 0.2) is 5.71 Å². The number of hydrogen-bond donors (Lipinski definition) is 0. The molecule has 0 aliphatic rings. The van der Waals surface area contributed by atoms with Gasteiger partial charge >= 0.3 is 0 Å². The van der Waals surface area contributed by atoms with Crippen molar-refractivity contribution in [2.45, 2.75) is 0 Å². The Labute approximate surface area is 104 Å². The van der Waals surface area contributed by atoms with Crippen LogP contribution in [0.5, 0.6) is 0 Å². The van der Waals surface area contributed by atoms with E-state index < -0.39 is 0 Å². The van der Waals surface area contributed by atoms with Crippen LogP contribution in [0.15, 0.2) is 70.3 Å². The van der Waals surface area contributed by atoms with Crippen LogP contribution in [0.25, 0.3) is 0 Å². The van der Waals surface area contributed by atoms with Gasteiger partial charge < -0.3 is 0 Å². The molecule has 0 N–H and O–H groups in total. The largest absolute Gasteiger partial charge is 0.265 e. The third-order valence-electron chi connectivity index (χ3n) is 2.12. The van der Waals surface area contributed by atoms with E-state index in [1.54, 1.807) is 36.7 Å². The van der Waals surface area contributed by atoms with Crippen molar-refractivity contribution in [3.63, 3.8) is 0 Å². The summed E-state index contributed by atoms with van der Waals surface area (Å²) in [5, 5.41) is 20.3. The summed E-state index contributed by atoms with van der Waals surface area (Å²) < 4.78 is 0. The molecule has 0 spiro atoms. The van der Waals surface area contributed by atoms with Gasteiger partial charge in [0.25, 0.3) is 0 Å². The molecule has 1 heterocycles. The lowest BCUT2D eigenvalue weighted by molar-refractivity contribution is 1.06. The molecule has 0 aliphatic heterocycles. The maximum Gasteiger partial charge on any atom is 0.172 e. The minimum absolute atomic E-state index is 0.230. The zero-order valence-corrected chi connectivity index (χ0v) is 9.43. The number of nitrogens with zero attached hydrogens (tertiary/aromatic N) is 5. The van der Waals surface area contributed by atoms with E-state index in [9.17, 15) is 0 Å². The standard InChI is InChI=1S/C13H9N5/c14-10-13(11-4-2-1-3-5-11)17-18-16-12-6-8-15-9-7-12/h1-9H/b17-13+,18-16?. The van der Waals surface area contributed by atoms with Crippen LogP contribution in [0.2, 0.25) is 0 Å². The summed E-state index contributed by atoms with van der Waals surface area (Å²) in [6.07, 6.45) is 3.22. The van der Waals surface area contributed by atoms with Crippen LogP contribution in [0.4, 0.5) is 5.69 Å². The molecule has 0 fully saturated rings. The average molecular weight is 235 g/mol. The Morgan fingerprint density at radius 2 is 1.78 bits per heavy atom. The van der Waals surface area contributed by atoms with Crippen LogP contribution < -0.4 is 0 Å². The van der Waals surface area contributed by atoms with Gasteiger partial charge in [0.2, 0.25) is 0 Å². The number of aromatic nitrogens is 1. The van der Waals surface area contributed by atoms with Crippen LogP contribution in [-0.4, -0.2) is 10.7 Å². The van der Waals surface area contributed by atoms with E-state index in [4.69, 9.17) is 5.26 Å². The molecule has 0 radical (unpaired) electrons. The van der Waals surface area contributed by atoms with Crippen LogP contribution >= 0.6 is 0 Å². The molecule has 2 aromatic rings. The summed E-state index contributed by atoms with van der Waals surface area (Å²) in [4.78, 5) is 3.86. The number of benzene rings is 1. The fraction of sp³-hybridized carbons (Fsp3) is 0. The first-order chi connectivity index (χ1) is 8.90. The van der Waals surface area contributed by atoms with Crippen LogP contribution in [0, 0.1) is 11.3 Å². The van der Waals surface area contributed by atoms with E-state index in [1.165, 1.54) is 0 Å². The highest BCUT2D eigenvalue weighted by molar-refractivity contribution is 6.11. The molecule has 5 nitrogen and oxygen atoms in total. The fourth-order valence-electron chi connectivity index (χ4n) is 1.27. The van der Waals surface area contributed by atoms with E-state index in [0.29, 0.717) is 11.3 Å². The van der Waals surface area contributed by atoms with Crippen molar-refractivity contribution in [2.75, 3.05) is 0 Å². The first-order valence-electron chi connectivity index (χ1n) is 5.24. The first kappa shape index (κ1) is 11.6. The molecule has 0 saturated carbocycles. The van der Waals surface area contributed by atoms with E-state index in [-0.39, 0.29) is 5.71 Å². The monoisotopic (exact) mass is 235 g/mol. The molecule has 1 aromatic heterocycles. The number of nitriles is 1. The average Bonchev–Trinajstić information content (AvgIpc) is 2.46. The van der Waals surface area contributed by atoms with Crippen molar-refractivity contribution in [2.24, 2.45) is 15.4 Å². The Balaban J connectivity index is 2.18. The summed E-state index contributed by atoms with van der Waals surface area (Å²) in [6.45, 7) is 0. The molecule has 0 unspecified atom stereocenters. The van der Waals surface area contributed by atoms with Crippen LogP contribution in [-0.2, 0) is 0 Å². The number of pyridine rings is 1. The number of rotatable bonds is 3. The summed E-state index contributed by atoms with van der Waals surface area (Å²) in [7, 11) is 0. The van der Waals surface area contributed by atoms with Gasteiger partial charge in [0.05, 0.1) is 5.69 Å². The normalized spacial score (nSPS) is 11.4. The minimum atomic E-state index is 0.230. The highest BCUT2D eigenvalue weighted by Crippen LogP contribution is 2.09. The molecule has 0 atom stereocenters. The summed E-state index contributed by atoms with van der Waals surface area (Å²) >= 11 is 0. The maximum absolute atomic E-state index is 8.98.